The van der Waals surface area contributed by atoms with E-state index in [1.165, 1.54) is 6.07 Å². The van der Waals surface area contributed by atoms with Gasteiger partial charge in [0.25, 0.3) is 0 Å². The monoisotopic (exact) mass is 432 g/mol. The number of rotatable bonds is 3. The molecule has 0 aliphatic carbocycles. The van der Waals surface area contributed by atoms with Gasteiger partial charge < -0.3 is 14.5 Å². The number of hydrogen-bond acceptors (Lipinski definition) is 5. The Kier molecular flexibility index (Phi) is 6.16. The van der Waals surface area contributed by atoms with Gasteiger partial charge in [0, 0.05) is 24.7 Å². The molecule has 0 amide bonds. The number of likely N-dealkylation sites (tertiary alicyclic amines) is 1. The second-order valence-electron chi connectivity index (χ2n) is 7.35. The standard InChI is InChI=1S/C19H18F6N4O/c20-18(21,22)16-7-14(2-1-13(16)9-27)29-11-15(30-17(29)19(23,24)25)10-28-5-3-12(8-26)4-6-28/h1-2,7,12,15,17H,3-6,10-11H2/t15-,17-/m1/s1. The zero-order valence-electron chi connectivity index (χ0n) is 15.7. The highest BCUT2D eigenvalue weighted by atomic mass is 19.4. The molecule has 30 heavy (non-hydrogen) atoms. The van der Waals surface area contributed by atoms with Gasteiger partial charge in [-0.2, -0.15) is 36.9 Å². The highest BCUT2D eigenvalue weighted by Gasteiger charge is 2.51. The van der Waals surface area contributed by atoms with E-state index >= 15 is 0 Å². The number of alkyl halides is 6. The predicted octanol–water partition coefficient (Wildman–Crippen LogP) is 3.91. The fraction of sp³-hybridized carbons (Fsp3) is 0.579. The van der Waals surface area contributed by atoms with Crippen molar-refractivity contribution in [1.29, 1.82) is 10.5 Å². The molecule has 11 heteroatoms. The predicted molar refractivity (Wildman–Crippen MR) is 93.0 cm³/mol. The first-order chi connectivity index (χ1) is 14.0. The molecule has 2 aliphatic rings. The highest BCUT2D eigenvalue weighted by Crippen LogP contribution is 2.39. The Morgan fingerprint density at radius 2 is 1.73 bits per heavy atom. The lowest BCUT2D eigenvalue weighted by atomic mass is 9.98. The van der Waals surface area contributed by atoms with Gasteiger partial charge in [0.2, 0.25) is 6.23 Å². The first-order valence-corrected chi connectivity index (χ1v) is 9.25. The third-order valence-corrected chi connectivity index (χ3v) is 5.28. The summed E-state index contributed by atoms with van der Waals surface area (Å²) in [5, 5.41) is 17.8. The van der Waals surface area contributed by atoms with E-state index in [0.29, 0.717) is 32.0 Å². The molecular formula is C19H18F6N4O. The molecule has 1 aromatic rings. The molecule has 2 heterocycles. The minimum absolute atomic E-state index is 0.0791. The summed E-state index contributed by atoms with van der Waals surface area (Å²) in [6.45, 7) is 1.03. The van der Waals surface area contributed by atoms with Crippen LogP contribution < -0.4 is 4.90 Å². The van der Waals surface area contributed by atoms with Gasteiger partial charge in [-0.05, 0) is 44.1 Å². The third-order valence-electron chi connectivity index (χ3n) is 5.28. The Balaban J connectivity index is 1.81. The number of anilines is 1. The summed E-state index contributed by atoms with van der Waals surface area (Å²) in [6.07, 6.45) is -11.7. The van der Waals surface area contributed by atoms with Crippen LogP contribution in [0.1, 0.15) is 24.0 Å². The summed E-state index contributed by atoms with van der Waals surface area (Å²) in [4.78, 5) is 2.65. The normalized spacial score (nSPS) is 23.9. The maximum absolute atomic E-state index is 13.5. The maximum Gasteiger partial charge on any atom is 0.433 e. The minimum atomic E-state index is -4.88. The molecule has 0 bridgehead atoms. The number of halogens is 6. The number of nitriles is 2. The second-order valence-corrected chi connectivity index (χ2v) is 7.35. The van der Waals surface area contributed by atoms with Crippen molar-refractivity contribution in [2.24, 2.45) is 5.92 Å². The van der Waals surface area contributed by atoms with E-state index in [1.54, 1.807) is 0 Å². The average Bonchev–Trinajstić information content (AvgIpc) is 3.11. The summed E-state index contributed by atoms with van der Waals surface area (Å²) in [5.41, 5.74) is -2.26. The largest absolute Gasteiger partial charge is 0.433 e. The van der Waals surface area contributed by atoms with Gasteiger partial charge in [0.15, 0.2) is 0 Å². The maximum atomic E-state index is 13.5. The molecule has 162 valence electrons. The highest BCUT2D eigenvalue weighted by molar-refractivity contribution is 5.56. The molecule has 2 aliphatic heterocycles. The van der Waals surface area contributed by atoms with Crippen molar-refractivity contribution in [2.75, 3.05) is 31.1 Å². The van der Waals surface area contributed by atoms with Crippen molar-refractivity contribution in [1.82, 2.24) is 4.90 Å². The van der Waals surface area contributed by atoms with E-state index in [9.17, 15) is 26.3 Å². The molecule has 0 unspecified atom stereocenters. The summed E-state index contributed by atoms with van der Waals surface area (Å²) >= 11 is 0. The lowest BCUT2D eigenvalue weighted by molar-refractivity contribution is -0.214. The number of piperidine rings is 1. The zero-order valence-corrected chi connectivity index (χ0v) is 15.7. The van der Waals surface area contributed by atoms with Crippen LogP contribution in [0.15, 0.2) is 18.2 Å². The lowest BCUT2D eigenvalue weighted by Crippen LogP contribution is -2.42. The summed E-state index contributed by atoms with van der Waals surface area (Å²) in [5.74, 6) is -0.0791. The molecule has 2 atom stereocenters. The molecule has 0 N–H and O–H groups in total. The van der Waals surface area contributed by atoms with Crippen molar-refractivity contribution in [3.63, 3.8) is 0 Å². The van der Waals surface area contributed by atoms with E-state index in [-0.39, 0.29) is 24.7 Å². The van der Waals surface area contributed by atoms with E-state index in [1.807, 2.05) is 4.90 Å². The third kappa shape index (κ3) is 4.79. The summed E-state index contributed by atoms with van der Waals surface area (Å²) in [7, 11) is 0. The van der Waals surface area contributed by atoms with E-state index < -0.39 is 35.8 Å². The van der Waals surface area contributed by atoms with Crippen LogP contribution in [0.25, 0.3) is 0 Å². The van der Waals surface area contributed by atoms with Crippen LogP contribution in [0.3, 0.4) is 0 Å². The Bertz CT molecular complexity index is 849. The summed E-state index contributed by atoms with van der Waals surface area (Å²) in [6, 6.07) is 6.07. The van der Waals surface area contributed by atoms with Crippen LogP contribution >= 0.6 is 0 Å². The number of hydrogen-bond donors (Lipinski definition) is 0. The molecule has 3 rings (SSSR count). The fourth-order valence-corrected chi connectivity index (χ4v) is 3.78. The van der Waals surface area contributed by atoms with Crippen molar-refractivity contribution in [3.8, 4) is 12.1 Å². The second kappa shape index (κ2) is 8.32. The Labute approximate surface area is 169 Å². The molecule has 0 saturated carbocycles. The molecule has 2 saturated heterocycles. The van der Waals surface area contributed by atoms with Crippen molar-refractivity contribution >= 4 is 5.69 Å². The molecule has 1 aromatic carbocycles. The molecule has 5 nitrogen and oxygen atoms in total. The number of ether oxygens (including phenoxy) is 1. The van der Waals surface area contributed by atoms with E-state index in [2.05, 4.69) is 6.07 Å². The summed E-state index contributed by atoms with van der Waals surface area (Å²) < 4.78 is 85.5. The Hall–Kier alpha value is -2.50. The van der Waals surface area contributed by atoms with Crippen LogP contribution in [0.5, 0.6) is 0 Å². The van der Waals surface area contributed by atoms with E-state index in [0.717, 1.165) is 17.0 Å². The number of nitrogens with zero attached hydrogens (tertiary/aromatic N) is 4. The lowest BCUT2D eigenvalue weighted by Gasteiger charge is -2.30. The van der Waals surface area contributed by atoms with Gasteiger partial charge in [-0.1, -0.05) is 0 Å². The van der Waals surface area contributed by atoms with E-state index in [4.69, 9.17) is 15.3 Å². The van der Waals surface area contributed by atoms with Crippen LogP contribution in [0.2, 0.25) is 0 Å². The van der Waals surface area contributed by atoms with Crippen LogP contribution in [0.4, 0.5) is 32.0 Å². The topological polar surface area (TPSA) is 63.3 Å². The van der Waals surface area contributed by atoms with Crippen molar-refractivity contribution in [3.05, 3.63) is 29.3 Å². The van der Waals surface area contributed by atoms with Gasteiger partial charge in [0.05, 0.1) is 29.4 Å². The van der Waals surface area contributed by atoms with Gasteiger partial charge >= 0.3 is 12.4 Å². The zero-order chi connectivity index (χ0) is 22.1. The minimum Gasteiger partial charge on any atom is -0.343 e. The average molecular weight is 432 g/mol. The first-order valence-electron chi connectivity index (χ1n) is 9.25. The molecule has 0 aromatic heterocycles. The van der Waals surface area contributed by atoms with Gasteiger partial charge in [0.1, 0.15) is 0 Å². The van der Waals surface area contributed by atoms with Crippen LogP contribution in [0, 0.1) is 28.6 Å². The van der Waals surface area contributed by atoms with Crippen molar-refractivity contribution < 1.29 is 31.1 Å². The molecular weight excluding hydrogens is 414 g/mol. The Morgan fingerprint density at radius 1 is 1.07 bits per heavy atom. The molecule has 0 spiro atoms. The molecule has 2 fully saturated rings. The van der Waals surface area contributed by atoms with Crippen molar-refractivity contribution in [2.45, 2.75) is 37.5 Å². The smallest absolute Gasteiger partial charge is 0.343 e. The first kappa shape index (κ1) is 22.2. The van der Waals surface area contributed by atoms with Crippen LogP contribution in [-0.4, -0.2) is 49.6 Å². The quantitative estimate of drug-likeness (QED) is 0.678. The fourth-order valence-electron chi connectivity index (χ4n) is 3.78. The Morgan fingerprint density at radius 3 is 2.27 bits per heavy atom. The van der Waals surface area contributed by atoms with Gasteiger partial charge in [-0.25, -0.2) is 0 Å². The van der Waals surface area contributed by atoms with Gasteiger partial charge in [-0.3, -0.25) is 0 Å². The molecule has 0 radical (unpaired) electrons. The SMILES string of the molecule is N#Cc1ccc(N2C[C@@H](CN3CCC(C#N)CC3)O[C@@H]2C(F)(F)F)cc1C(F)(F)F. The number of benzene rings is 1. The van der Waals surface area contributed by atoms with Gasteiger partial charge in [-0.15, -0.1) is 0 Å². The van der Waals surface area contributed by atoms with Crippen LogP contribution in [-0.2, 0) is 10.9 Å².